The quantitative estimate of drug-likeness (QED) is 0.0654. The van der Waals surface area contributed by atoms with Gasteiger partial charge in [-0.25, -0.2) is 9.41 Å². The van der Waals surface area contributed by atoms with Crippen LogP contribution in [0.4, 0.5) is 5.69 Å². The molecule has 0 saturated heterocycles. The maximum Gasteiger partial charge on any atom is 0.299 e. The van der Waals surface area contributed by atoms with E-state index < -0.39 is 8.07 Å². The van der Waals surface area contributed by atoms with E-state index in [-0.39, 0.29) is 0 Å². The fraction of sp³-hybridized carbons (Fsp3) is 0.170. The first-order valence-corrected chi connectivity index (χ1v) is 22.8. The standard InChI is InChI=1S/C53H48N3OSi/c1-34(2)41-22-17-23-42(35(3)4)50(41)56-47-25-16-15-24-46(47)55(7)53(56)48-36(5)26-31-44-45-33-32-43(49(54-6)52(45)57-51(44)48)37-27-29-40(30-28-37)58(8,38-18-11-9-12-19-38)39-20-13-10-14-21-39/h9-35H,1-5,7-8H3/q+1. The number of aryl methyl sites for hydroxylation is 2. The summed E-state index contributed by atoms with van der Waals surface area (Å²) in [7, 11) is -0.119. The van der Waals surface area contributed by atoms with Crippen LogP contribution in [-0.4, -0.2) is 12.6 Å². The number of rotatable bonds is 8. The lowest BCUT2D eigenvalue weighted by Gasteiger charge is -2.29. The summed E-state index contributed by atoms with van der Waals surface area (Å²) in [5, 5.41) is 6.02. The fourth-order valence-electron chi connectivity index (χ4n) is 9.23. The zero-order valence-electron chi connectivity index (χ0n) is 34.3. The largest absolute Gasteiger partial charge is 0.466 e. The van der Waals surface area contributed by atoms with Gasteiger partial charge in [-0.1, -0.05) is 174 Å². The minimum absolute atomic E-state index is 0.317. The Morgan fingerprint density at radius 2 is 1.17 bits per heavy atom. The van der Waals surface area contributed by atoms with Gasteiger partial charge in [-0.05, 0) is 63.1 Å². The SMILES string of the molecule is [C-]#[N+]c1c(-c2ccc([Si](C)(c3ccccc3)c3ccccc3)cc2)ccc2c1oc1c(-c3n(-c4c(C(C)C)cccc4C(C)C)c4ccccc4[n+]3C)c(C)ccc12. The molecule has 0 radical (unpaired) electrons. The summed E-state index contributed by atoms with van der Waals surface area (Å²) in [6, 6.07) is 54.8. The van der Waals surface area contributed by atoms with Gasteiger partial charge < -0.3 is 4.42 Å². The Labute approximate surface area is 342 Å². The van der Waals surface area contributed by atoms with E-state index >= 15 is 0 Å². The number of hydrogen-bond acceptors (Lipinski definition) is 1. The molecule has 5 heteroatoms. The van der Waals surface area contributed by atoms with Crippen LogP contribution in [-0.2, 0) is 7.05 Å². The van der Waals surface area contributed by atoms with Gasteiger partial charge in [0.05, 0.1) is 13.6 Å². The maximum atomic E-state index is 8.56. The zero-order chi connectivity index (χ0) is 40.3. The van der Waals surface area contributed by atoms with E-state index in [2.05, 4.69) is 214 Å². The van der Waals surface area contributed by atoms with Gasteiger partial charge in [-0.3, -0.25) is 0 Å². The van der Waals surface area contributed by atoms with Crippen molar-refractivity contribution >= 4 is 62.3 Å². The van der Waals surface area contributed by atoms with Gasteiger partial charge in [0.15, 0.2) is 11.0 Å². The average molecular weight is 771 g/mol. The van der Waals surface area contributed by atoms with Crippen LogP contribution in [0.5, 0.6) is 0 Å². The van der Waals surface area contributed by atoms with Gasteiger partial charge >= 0.3 is 0 Å². The summed E-state index contributed by atoms with van der Waals surface area (Å²) in [6.45, 7) is 22.3. The number of aromatic nitrogens is 2. The van der Waals surface area contributed by atoms with Crippen molar-refractivity contribution in [3.63, 3.8) is 0 Å². The number of nitrogens with zero attached hydrogens (tertiary/aromatic N) is 3. The predicted molar refractivity (Wildman–Crippen MR) is 245 cm³/mol. The molecular formula is C53H48N3OSi+. The molecule has 0 N–H and O–H groups in total. The van der Waals surface area contributed by atoms with Crippen LogP contribution in [0.25, 0.3) is 66.0 Å². The lowest BCUT2D eigenvalue weighted by atomic mass is 9.92. The van der Waals surface area contributed by atoms with Gasteiger partial charge in [-0.2, -0.15) is 4.57 Å². The summed E-state index contributed by atoms with van der Waals surface area (Å²) < 4.78 is 11.8. The molecule has 2 aromatic heterocycles. The summed E-state index contributed by atoms with van der Waals surface area (Å²) in [5.41, 5.74) is 12.1. The number of imidazole rings is 1. The second kappa shape index (κ2) is 14.5. The third-order valence-electron chi connectivity index (χ3n) is 12.4. The van der Waals surface area contributed by atoms with E-state index in [0.717, 1.165) is 55.5 Å². The predicted octanol–water partition coefficient (Wildman–Crippen LogP) is 11.9. The highest BCUT2D eigenvalue weighted by atomic mass is 28.3. The smallest absolute Gasteiger partial charge is 0.299 e. The second-order valence-corrected chi connectivity index (χ2v) is 20.4. The van der Waals surface area contributed by atoms with Gasteiger partial charge in [-0.15, -0.1) is 0 Å². The van der Waals surface area contributed by atoms with E-state index in [9.17, 15) is 0 Å². The van der Waals surface area contributed by atoms with Gasteiger partial charge in [0.1, 0.15) is 30.5 Å². The number of hydrogen-bond donors (Lipinski definition) is 0. The molecule has 9 rings (SSSR count). The third kappa shape index (κ3) is 5.74. The highest BCUT2D eigenvalue weighted by Gasteiger charge is 2.35. The Bertz CT molecular complexity index is 2970. The molecule has 0 spiro atoms. The van der Waals surface area contributed by atoms with Crippen molar-refractivity contribution in [1.82, 2.24) is 4.57 Å². The lowest BCUT2D eigenvalue weighted by molar-refractivity contribution is -0.633. The summed E-state index contributed by atoms with van der Waals surface area (Å²) in [6.07, 6.45) is 0. The van der Waals surface area contributed by atoms with E-state index in [1.54, 1.807) is 0 Å². The van der Waals surface area contributed by atoms with Crippen LogP contribution in [0.3, 0.4) is 0 Å². The van der Waals surface area contributed by atoms with Crippen molar-refractivity contribution in [2.24, 2.45) is 7.05 Å². The molecule has 7 aromatic carbocycles. The van der Waals surface area contributed by atoms with Crippen LogP contribution in [0.1, 0.15) is 56.2 Å². The molecular weight excluding hydrogens is 723 g/mol. The Morgan fingerprint density at radius 3 is 1.78 bits per heavy atom. The Kier molecular flexibility index (Phi) is 9.26. The van der Waals surface area contributed by atoms with E-state index in [1.165, 1.54) is 32.4 Å². The van der Waals surface area contributed by atoms with Gasteiger partial charge in [0, 0.05) is 21.9 Å². The first-order chi connectivity index (χ1) is 28.1. The van der Waals surface area contributed by atoms with Gasteiger partial charge in [0.2, 0.25) is 5.69 Å². The number of furan rings is 1. The molecule has 58 heavy (non-hydrogen) atoms. The maximum absolute atomic E-state index is 8.56. The molecule has 0 amide bonds. The Balaban J connectivity index is 1.25. The highest BCUT2D eigenvalue weighted by Crippen LogP contribution is 2.46. The zero-order valence-corrected chi connectivity index (χ0v) is 35.3. The Morgan fingerprint density at radius 1 is 0.621 bits per heavy atom. The normalized spacial score (nSPS) is 12.0. The molecule has 0 saturated carbocycles. The lowest BCUT2D eigenvalue weighted by Crippen LogP contribution is -2.64. The molecule has 0 aliphatic rings. The molecule has 0 aliphatic carbocycles. The summed E-state index contributed by atoms with van der Waals surface area (Å²) in [4.78, 5) is 4.20. The second-order valence-electron chi connectivity index (χ2n) is 16.4. The van der Waals surface area contributed by atoms with E-state index in [4.69, 9.17) is 11.0 Å². The molecule has 0 atom stereocenters. The van der Waals surface area contributed by atoms with Crippen LogP contribution in [0.2, 0.25) is 6.55 Å². The molecule has 284 valence electrons. The average Bonchev–Trinajstić information content (AvgIpc) is 3.77. The van der Waals surface area contributed by atoms with Crippen molar-refractivity contribution < 1.29 is 8.98 Å². The van der Waals surface area contributed by atoms with Crippen molar-refractivity contribution in [1.29, 1.82) is 0 Å². The number of fused-ring (bicyclic) bond motifs is 4. The number of para-hydroxylation sites is 3. The van der Waals surface area contributed by atoms with Gasteiger partial charge in [0.25, 0.3) is 5.82 Å². The molecule has 0 unspecified atom stereocenters. The van der Waals surface area contributed by atoms with E-state index in [1.807, 2.05) is 0 Å². The molecule has 0 aliphatic heterocycles. The topological polar surface area (TPSA) is 26.3 Å². The first-order valence-electron chi connectivity index (χ1n) is 20.3. The Hall–Kier alpha value is -6.48. The van der Waals surface area contributed by atoms with E-state index in [0.29, 0.717) is 23.1 Å². The molecule has 2 heterocycles. The molecule has 0 fully saturated rings. The minimum Gasteiger partial charge on any atom is -0.466 e. The summed E-state index contributed by atoms with van der Waals surface area (Å²) in [5.74, 6) is 1.69. The van der Waals surface area contributed by atoms with Crippen molar-refractivity contribution in [3.05, 3.63) is 180 Å². The van der Waals surface area contributed by atoms with Crippen LogP contribution < -0.4 is 20.1 Å². The monoisotopic (exact) mass is 770 g/mol. The summed E-state index contributed by atoms with van der Waals surface area (Å²) >= 11 is 0. The molecule has 9 aromatic rings. The molecule has 4 nitrogen and oxygen atoms in total. The van der Waals surface area contributed by atoms with Crippen LogP contribution >= 0.6 is 0 Å². The van der Waals surface area contributed by atoms with Crippen molar-refractivity contribution in [2.75, 3.05) is 0 Å². The van der Waals surface area contributed by atoms with Crippen LogP contribution in [0, 0.1) is 13.5 Å². The molecule has 0 bridgehead atoms. The van der Waals surface area contributed by atoms with Crippen LogP contribution in [0.15, 0.2) is 156 Å². The highest BCUT2D eigenvalue weighted by molar-refractivity contribution is 7.10. The minimum atomic E-state index is -2.28. The third-order valence-corrected chi connectivity index (χ3v) is 16.8. The first kappa shape index (κ1) is 37.1. The van der Waals surface area contributed by atoms with Crippen molar-refractivity contribution in [3.8, 4) is 28.2 Å². The van der Waals surface area contributed by atoms with Crippen molar-refractivity contribution in [2.45, 2.75) is 53.0 Å². The number of benzene rings is 7. The fourth-order valence-corrected chi connectivity index (χ4v) is 12.8.